The van der Waals surface area contributed by atoms with Gasteiger partial charge in [-0.05, 0) is 30.7 Å². The van der Waals surface area contributed by atoms with Crippen LogP contribution >= 0.6 is 0 Å². The number of halogens is 1. The second kappa shape index (κ2) is 4.89. The van der Waals surface area contributed by atoms with Crippen LogP contribution in [0.3, 0.4) is 0 Å². The van der Waals surface area contributed by atoms with E-state index in [2.05, 4.69) is 15.3 Å². The molecule has 0 spiro atoms. The minimum Gasteiger partial charge on any atom is -0.373 e. The third kappa shape index (κ3) is 2.09. The maximum atomic E-state index is 13.4. The number of para-hydroxylation sites is 1. The SMILES string of the molecule is CNc1nc(-c2cccc(F)c2)nc2c(C)cccc12. The lowest BCUT2D eigenvalue weighted by atomic mass is 10.1. The van der Waals surface area contributed by atoms with E-state index in [4.69, 9.17) is 0 Å². The highest BCUT2D eigenvalue weighted by atomic mass is 19.1. The average molecular weight is 267 g/mol. The Bertz CT molecular complexity index is 784. The van der Waals surface area contributed by atoms with E-state index in [0.29, 0.717) is 11.4 Å². The highest BCUT2D eigenvalue weighted by Gasteiger charge is 2.10. The van der Waals surface area contributed by atoms with E-state index in [1.165, 1.54) is 12.1 Å². The first-order chi connectivity index (χ1) is 9.69. The number of hydrogen-bond donors (Lipinski definition) is 1. The van der Waals surface area contributed by atoms with Gasteiger partial charge in [-0.25, -0.2) is 14.4 Å². The summed E-state index contributed by atoms with van der Waals surface area (Å²) in [6.45, 7) is 2.00. The molecule has 3 aromatic rings. The second-order valence-electron chi connectivity index (χ2n) is 4.63. The summed E-state index contributed by atoms with van der Waals surface area (Å²) >= 11 is 0. The van der Waals surface area contributed by atoms with Crippen molar-refractivity contribution in [2.75, 3.05) is 12.4 Å². The van der Waals surface area contributed by atoms with Crippen LogP contribution < -0.4 is 5.32 Å². The standard InChI is InChI=1S/C16H14FN3/c1-10-5-3-8-13-14(10)19-15(20-16(13)18-2)11-6-4-7-12(17)9-11/h3-9H,1-2H3,(H,18,19,20). The number of anilines is 1. The van der Waals surface area contributed by atoms with Crippen LogP contribution in [-0.4, -0.2) is 17.0 Å². The Morgan fingerprint density at radius 2 is 1.85 bits per heavy atom. The van der Waals surface area contributed by atoms with Crippen LogP contribution in [-0.2, 0) is 0 Å². The van der Waals surface area contributed by atoms with Gasteiger partial charge in [0.1, 0.15) is 11.6 Å². The topological polar surface area (TPSA) is 37.8 Å². The number of nitrogens with one attached hydrogen (secondary N) is 1. The van der Waals surface area contributed by atoms with Gasteiger partial charge in [-0.3, -0.25) is 0 Å². The molecule has 0 radical (unpaired) electrons. The molecule has 3 rings (SSSR count). The van der Waals surface area contributed by atoms with Crippen LogP contribution in [0.15, 0.2) is 42.5 Å². The van der Waals surface area contributed by atoms with Gasteiger partial charge in [0.05, 0.1) is 5.52 Å². The van der Waals surface area contributed by atoms with Gasteiger partial charge in [-0.15, -0.1) is 0 Å². The molecule has 0 aliphatic carbocycles. The Balaban J connectivity index is 2.30. The van der Waals surface area contributed by atoms with Crippen LogP contribution in [0.2, 0.25) is 0 Å². The smallest absolute Gasteiger partial charge is 0.162 e. The molecule has 3 nitrogen and oxygen atoms in total. The summed E-state index contributed by atoms with van der Waals surface area (Å²) in [6, 6.07) is 12.3. The van der Waals surface area contributed by atoms with Gasteiger partial charge in [-0.2, -0.15) is 0 Å². The van der Waals surface area contributed by atoms with Gasteiger partial charge in [0.15, 0.2) is 5.82 Å². The molecule has 0 atom stereocenters. The van der Waals surface area contributed by atoms with Crippen molar-refractivity contribution in [1.29, 1.82) is 0 Å². The summed E-state index contributed by atoms with van der Waals surface area (Å²) in [5.41, 5.74) is 2.62. The fourth-order valence-corrected chi connectivity index (χ4v) is 2.24. The zero-order valence-electron chi connectivity index (χ0n) is 11.3. The number of aryl methyl sites for hydroxylation is 1. The van der Waals surface area contributed by atoms with Crippen molar-refractivity contribution in [3.05, 3.63) is 53.8 Å². The van der Waals surface area contributed by atoms with E-state index in [9.17, 15) is 4.39 Å². The van der Waals surface area contributed by atoms with Crippen molar-refractivity contribution in [2.45, 2.75) is 6.92 Å². The molecule has 0 fully saturated rings. The molecule has 0 aliphatic rings. The highest BCUT2D eigenvalue weighted by molar-refractivity contribution is 5.92. The fraction of sp³-hybridized carbons (Fsp3) is 0.125. The molecule has 0 saturated carbocycles. The molecule has 2 aromatic carbocycles. The predicted octanol–water partition coefficient (Wildman–Crippen LogP) is 3.79. The third-order valence-electron chi connectivity index (χ3n) is 3.25. The molecule has 0 aliphatic heterocycles. The minimum atomic E-state index is -0.290. The van der Waals surface area contributed by atoms with E-state index in [-0.39, 0.29) is 5.82 Å². The number of nitrogens with zero attached hydrogens (tertiary/aromatic N) is 2. The number of aromatic nitrogens is 2. The largest absolute Gasteiger partial charge is 0.373 e. The third-order valence-corrected chi connectivity index (χ3v) is 3.25. The number of fused-ring (bicyclic) bond motifs is 1. The summed E-state index contributed by atoms with van der Waals surface area (Å²) in [5, 5.41) is 4.04. The Labute approximate surface area is 116 Å². The molecule has 20 heavy (non-hydrogen) atoms. The first-order valence-corrected chi connectivity index (χ1v) is 6.40. The van der Waals surface area contributed by atoms with E-state index in [0.717, 1.165) is 22.3 Å². The van der Waals surface area contributed by atoms with Crippen LogP contribution in [0, 0.1) is 12.7 Å². The lowest BCUT2D eigenvalue weighted by molar-refractivity contribution is 0.628. The first-order valence-electron chi connectivity index (χ1n) is 6.40. The zero-order valence-corrected chi connectivity index (χ0v) is 11.3. The molecule has 100 valence electrons. The van der Waals surface area contributed by atoms with Gasteiger partial charge in [-0.1, -0.05) is 24.3 Å². The van der Waals surface area contributed by atoms with Crippen molar-refractivity contribution in [2.24, 2.45) is 0 Å². The number of hydrogen-bond acceptors (Lipinski definition) is 3. The van der Waals surface area contributed by atoms with Gasteiger partial charge in [0, 0.05) is 18.0 Å². The van der Waals surface area contributed by atoms with Crippen LogP contribution in [0.25, 0.3) is 22.3 Å². The first kappa shape index (κ1) is 12.5. The highest BCUT2D eigenvalue weighted by Crippen LogP contribution is 2.26. The molecule has 4 heteroatoms. The predicted molar refractivity (Wildman–Crippen MR) is 79.2 cm³/mol. The Morgan fingerprint density at radius 1 is 1.05 bits per heavy atom. The lowest BCUT2D eigenvalue weighted by Crippen LogP contribution is -1.99. The quantitative estimate of drug-likeness (QED) is 0.767. The van der Waals surface area contributed by atoms with Gasteiger partial charge < -0.3 is 5.32 Å². The molecule has 1 heterocycles. The summed E-state index contributed by atoms with van der Waals surface area (Å²) in [5.74, 6) is 0.982. The van der Waals surface area contributed by atoms with Crippen molar-refractivity contribution < 1.29 is 4.39 Å². The molecule has 1 N–H and O–H groups in total. The molecule has 0 amide bonds. The minimum absolute atomic E-state index is 0.290. The molecule has 0 saturated heterocycles. The maximum Gasteiger partial charge on any atom is 0.162 e. The number of benzene rings is 2. The molecule has 1 aromatic heterocycles. The Kier molecular flexibility index (Phi) is 3.06. The van der Waals surface area contributed by atoms with Gasteiger partial charge >= 0.3 is 0 Å². The monoisotopic (exact) mass is 267 g/mol. The average Bonchev–Trinajstić information content (AvgIpc) is 2.47. The van der Waals surface area contributed by atoms with E-state index in [1.54, 1.807) is 6.07 Å². The van der Waals surface area contributed by atoms with Crippen molar-refractivity contribution >= 4 is 16.7 Å². The summed E-state index contributed by atoms with van der Waals surface area (Å²) in [6.07, 6.45) is 0. The Hall–Kier alpha value is -2.49. The van der Waals surface area contributed by atoms with E-state index < -0.39 is 0 Å². The van der Waals surface area contributed by atoms with Gasteiger partial charge in [0.2, 0.25) is 0 Å². The van der Waals surface area contributed by atoms with Gasteiger partial charge in [0.25, 0.3) is 0 Å². The lowest BCUT2D eigenvalue weighted by Gasteiger charge is -2.09. The van der Waals surface area contributed by atoms with Crippen molar-refractivity contribution in [3.63, 3.8) is 0 Å². The van der Waals surface area contributed by atoms with Crippen molar-refractivity contribution in [1.82, 2.24) is 9.97 Å². The van der Waals surface area contributed by atoms with Crippen LogP contribution in [0.4, 0.5) is 10.2 Å². The fourth-order valence-electron chi connectivity index (χ4n) is 2.24. The number of rotatable bonds is 2. The molecule has 0 bridgehead atoms. The normalized spacial score (nSPS) is 10.8. The zero-order chi connectivity index (χ0) is 14.1. The summed E-state index contributed by atoms with van der Waals surface area (Å²) < 4.78 is 13.4. The molecular weight excluding hydrogens is 253 g/mol. The molecule has 0 unspecified atom stereocenters. The van der Waals surface area contributed by atoms with Crippen molar-refractivity contribution in [3.8, 4) is 11.4 Å². The second-order valence-corrected chi connectivity index (χ2v) is 4.63. The van der Waals surface area contributed by atoms with E-state index >= 15 is 0 Å². The molecular formula is C16H14FN3. The van der Waals surface area contributed by atoms with E-state index in [1.807, 2.05) is 38.2 Å². The van der Waals surface area contributed by atoms with Crippen LogP contribution in [0.1, 0.15) is 5.56 Å². The summed E-state index contributed by atoms with van der Waals surface area (Å²) in [7, 11) is 1.82. The van der Waals surface area contributed by atoms with Crippen LogP contribution in [0.5, 0.6) is 0 Å². The Morgan fingerprint density at radius 3 is 2.60 bits per heavy atom. The summed E-state index contributed by atoms with van der Waals surface area (Å²) in [4.78, 5) is 9.06. The maximum absolute atomic E-state index is 13.4.